The number of oxazole rings is 1. The number of carbonyl (C=O) groups is 2. The fraction of sp³-hybridized carbons (Fsp3) is 0.500. The zero-order chi connectivity index (χ0) is 21.6. The number of para-hydroxylation sites is 1. The topological polar surface area (TPSA) is 84.7 Å². The molecule has 2 aromatic rings. The van der Waals surface area contributed by atoms with Gasteiger partial charge in [0.2, 0.25) is 5.89 Å². The molecule has 1 heterocycles. The second kappa shape index (κ2) is 10.1. The van der Waals surface area contributed by atoms with E-state index in [0.29, 0.717) is 6.54 Å². The van der Waals surface area contributed by atoms with Crippen LogP contribution < -0.4 is 5.32 Å². The smallest absolute Gasteiger partial charge is 0.360 e. The number of benzene rings is 1. The molecule has 0 radical (unpaired) electrons. The molecule has 0 aliphatic rings. The van der Waals surface area contributed by atoms with E-state index in [1.54, 1.807) is 4.90 Å². The van der Waals surface area contributed by atoms with Gasteiger partial charge in [-0.15, -0.1) is 0 Å². The lowest BCUT2D eigenvalue weighted by molar-refractivity contribution is 0.0594. The number of rotatable bonds is 8. The van der Waals surface area contributed by atoms with E-state index in [1.165, 1.54) is 13.4 Å². The molecule has 2 amide bonds. The SMILES string of the molecule is CCCN(Cc1nc(C(=O)OC)co1)C(=O)Nc1c(C(C)C)cccc1C(C)C. The Bertz CT molecular complexity index is 816. The number of urea groups is 1. The quantitative estimate of drug-likeness (QED) is 0.618. The molecule has 2 rings (SSSR count). The number of methoxy groups -OCH3 is 1. The number of carbonyl (C=O) groups excluding carboxylic acids is 2. The van der Waals surface area contributed by atoms with E-state index in [4.69, 9.17) is 4.42 Å². The number of nitrogens with one attached hydrogen (secondary N) is 1. The van der Waals surface area contributed by atoms with Gasteiger partial charge < -0.3 is 19.4 Å². The molecule has 0 saturated carbocycles. The van der Waals surface area contributed by atoms with E-state index in [2.05, 4.69) is 42.7 Å². The van der Waals surface area contributed by atoms with Crippen molar-refractivity contribution >= 4 is 17.7 Å². The summed E-state index contributed by atoms with van der Waals surface area (Å²) in [5.74, 6) is 0.269. The summed E-state index contributed by atoms with van der Waals surface area (Å²) in [5.41, 5.74) is 3.16. The Morgan fingerprint density at radius 3 is 2.31 bits per heavy atom. The molecule has 0 unspecified atom stereocenters. The highest BCUT2D eigenvalue weighted by atomic mass is 16.5. The predicted molar refractivity (Wildman–Crippen MR) is 112 cm³/mol. The Morgan fingerprint density at radius 1 is 1.17 bits per heavy atom. The van der Waals surface area contributed by atoms with Crippen molar-refractivity contribution < 1.29 is 18.7 Å². The number of hydrogen-bond donors (Lipinski definition) is 1. The zero-order valence-electron chi connectivity index (χ0n) is 18.1. The highest BCUT2D eigenvalue weighted by Crippen LogP contribution is 2.32. The van der Waals surface area contributed by atoms with Crippen LogP contribution in [0.4, 0.5) is 10.5 Å². The van der Waals surface area contributed by atoms with E-state index < -0.39 is 5.97 Å². The van der Waals surface area contributed by atoms with Gasteiger partial charge >= 0.3 is 12.0 Å². The van der Waals surface area contributed by atoms with Gasteiger partial charge in [-0.1, -0.05) is 52.8 Å². The Labute approximate surface area is 172 Å². The summed E-state index contributed by atoms with van der Waals surface area (Å²) < 4.78 is 10.0. The van der Waals surface area contributed by atoms with Gasteiger partial charge in [0.05, 0.1) is 13.7 Å². The Hall–Kier alpha value is -2.83. The van der Waals surface area contributed by atoms with Crippen molar-refractivity contribution in [3.63, 3.8) is 0 Å². The van der Waals surface area contributed by atoms with Crippen molar-refractivity contribution in [1.29, 1.82) is 0 Å². The van der Waals surface area contributed by atoms with E-state index in [0.717, 1.165) is 23.2 Å². The fourth-order valence-electron chi connectivity index (χ4n) is 3.15. The molecule has 1 N–H and O–H groups in total. The number of anilines is 1. The Morgan fingerprint density at radius 2 is 1.79 bits per heavy atom. The van der Waals surface area contributed by atoms with Crippen molar-refractivity contribution in [2.45, 2.75) is 59.4 Å². The summed E-state index contributed by atoms with van der Waals surface area (Å²) in [6.45, 7) is 11.1. The molecule has 1 aromatic carbocycles. The first-order valence-corrected chi connectivity index (χ1v) is 9.99. The summed E-state index contributed by atoms with van der Waals surface area (Å²) in [6.07, 6.45) is 2.02. The van der Waals surface area contributed by atoms with Crippen LogP contribution in [0.5, 0.6) is 0 Å². The van der Waals surface area contributed by atoms with Crippen LogP contribution in [-0.4, -0.2) is 35.5 Å². The van der Waals surface area contributed by atoms with Gasteiger partial charge in [0, 0.05) is 12.2 Å². The molecule has 7 heteroatoms. The van der Waals surface area contributed by atoms with Crippen molar-refractivity contribution in [3.05, 3.63) is 47.2 Å². The lowest BCUT2D eigenvalue weighted by Gasteiger charge is -2.25. The van der Waals surface area contributed by atoms with Crippen LogP contribution in [0.2, 0.25) is 0 Å². The van der Waals surface area contributed by atoms with Gasteiger partial charge in [0.1, 0.15) is 6.26 Å². The predicted octanol–water partition coefficient (Wildman–Crippen LogP) is 5.15. The minimum atomic E-state index is -0.570. The molecule has 0 saturated heterocycles. The monoisotopic (exact) mass is 401 g/mol. The number of ether oxygens (including phenoxy) is 1. The maximum Gasteiger partial charge on any atom is 0.360 e. The van der Waals surface area contributed by atoms with Gasteiger partial charge in [-0.25, -0.2) is 14.6 Å². The van der Waals surface area contributed by atoms with Crippen molar-refractivity contribution in [2.75, 3.05) is 19.0 Å². The molecule has 0 atom stereocenters. The first kappa shape index (κ1) is 22.5. The number of esters is 1. The van der Waals surface area contributed by atoms with Crippen LogP contribution >= 0.6 is 0 Å². The van der Waals surface area contributed by atoms with Crippen LogP contribution in [0.25, 0.3) is 0 Å². The van der Waals surface area contributed by atoms with Crippen molar-refractivity contribution in [3.8, 4) is 0 Å². The molecule has 29 heavy (non-hydrogen) atoms. The van der Waals surface area contributed by atoms with Crippen LogP contribution in [0.1, 0.15) is 80.4 Å². The first-order chi connectivity index (χ1) is 13.8. The molecule has 158 valence electrons. The van der Waals surface area contributed by atoms with Crippen LogP contribution in [0.15, 0.2) is 28.9 Å². The summed E-state index contributed by atoms with van der Waals surface area (Å²) >= 11 is 0. The van der Waals surface area contributed by atoms with E-state index in [1.807, 2.05) is 25.1 Å². The largest absolute Gasteiger partial charge is 0.464 e. The molecule has 0 aliphatic heterocycles. The van der Waals surface area contributed by atoms with Gasteiger partial charge in [0.15, 0.2) is 5.69 Å². The summed E-state index contributed by atoms with van der Waals surface area (Å²) in [5, 5.41) is 3.11. The molecule has 0 fully saturated rings. The molecule has 7 nitrogen and oxygen atoms in total. The molecule has 0 spiro atoms. The average Bonchev–Trinajstić information content (AvgIpc) is 3.15. The third kappa shape index (κ3) is 5.59. The molecular weight excluding hydrogens is 370 g/mol. The van der Waals surface area contributed by atoms with Crippen LogP contribution in [0, 0.1) is 0 Å². The second-order valence-electron chi connectivity index (χ2n) is 7.59. The fourth-order valence-corrected chi connectivity index (χ4v) is 3.15. The highest BCUT2D eigenvalue weighted by molar-refractivity contribution is 5.91. The molecule has 1 aromatic heterocycles. The Kier molecular flexibility index (Phi) is 7.82. The first-order valence-electron chi connectivity index (χ1n) is 9.99. The lowest BCUT2D eigenvalue weighted by Crippen LogP contribution is -2.35. The number of aromatic nitrogens is 1. The molecular formula is C22H31N3O4. The maximum absolute atomic E-state index is 13.1. The van der Waals surface area contributed by atoms with E-state index in [-0.39, 0.29) is 36.0 Å². The highest BCUT2D eigenvalue weighted by Gasteiger charge is 2.21. The van der Waals surface area contributed by atoms with E-state index >= 15 is 0 Å². The molecule has 0 bridgehead atoms. The molecule has 0 aliphatic carbocycles. The van der Waals surface area contributed by atoms with E-state index in [9.17, 15) is 9.59 Å². The standard InChI is InChI=1S/C22H31N3O4/c1-7-11-25(12-19-23-18(13-29-19)21(26)28-6)22(27)24-20-16(14(2)3)9-8-10-17(20)15(4)5/h8-10,13-15H,7,11-12H2,1-6H3,(H,24,27). The number of nitrogens with zero attached hydrogens (tertiary/aromatic N) is 2. The maximum atomic E-state index is 13.1. The van der Waals surface area contributed by atoms with Crippen molar-refractivity contribution in [2.24, 2.45) is 0 Å². The van der Waals surface area contributed by atoms with Crippen molar-refractivity contribution in [1.82, 2.24) is 9.88 Å². The third-order valence-corrected chi connectivity index (χ3v) is 4.66. The number of hydrogen-bond acceptors (Lipinski definition) is 5. The zero-order valence-corrected chi connectivity index (χ0v) is 18.1. The lowest BCUT2D eigenvalue weighted by atomic mass is 9.93. The normalized spacial score (nSPS) is 11.0. The average molecular weight is 402 g/mol. The summed E-state index contributed by atoms with van der Waals surface area (Å²) in [4.78, 5) is 30.4. The second-order valence-corrected chi connectivity index (χ2v) is 7.59. The summed E-state index contributed by atoms with van der Waals surface area (Å²) in [6, 6.07) is 5.91. The number of amides is 2. The van der Waals surface area contributed by atoms with Crippen LogP contribution in [0.3, 0.4) is 0 Å². The van der Waals surface area contributed by atoms with Gasteiger partial charge in [-0.3, -0.25) is 0 Å². The minimum absolute atomic E-state index is 0.0894. The minimum Gasteiger partial charge on any atom is -0.464 e. The van der Waals surface area contributed by atoms with Gasteiger partial charge in [-0.2, -0.15) is 0 Å². The van der Waals surface area contributed by atoms with Crippen LogP contribution in [-0.2, 0) is 11.3 Å². The third-order valence-electron chi connectivity index (χ3n) is 4.66. The Balaban J connectivity index is 2.26. The summed E-state index contributed by atoms with van der Waals surface area (Å²) in [7, 11) is 1.28. The van der Waals surface area contributed by atoms with Gasteiger partial charge in [0.25, 0.3) is 0 Å². The van der Waals surface area contributed by atoms with Gasteiger partial charge in [-0.05, 0) is 29.4 Å².